The molecule has 3 aromatic rings. The summed E-state index contributed by atoms with van der Waals surface area (Å²) in [5.74, 6) is 0.479. The monoisotopic (exact) mass is 283 g/mol. The standard InChI is InChI=1S/C16H21N5/c1-4-21-12(9-16(2,3)18)13-10-7-5-6-8-11(10)19-15(17)14(13)20-21/h5-8H,4,9,18H2,1-3H3,(H2,17,19). The second kappa shape index (κ2) is 4.70. The Bertz CT molecular complexity index is 811. The lowest BCUT2D eigenvalue weighted by molar-refractivity contribution is 0.487. The molecule has 110 valence electrons. The molecular weight excluding hydrogens is 262 g/mol. The predicted molar refractivity (Wildman–Crippen MR) is 87.1 cm³/mol. The van der Waals surface area contributed by atoms with Crippen molar-refractivity contribution in [1.29, 1.82) is 0 Å². The van der Waals surface area contributed by atoms with E-state index >= 15 is 0 Å². The Morgan fingerprint density at radius 3 is 2.62 bits per heavy atom. The first-order valence-electron chi connectivity index (χ1n) is 7.23. The summed E-state index contributed by atoms with van der Waals surface area (Å²) in [6.07, 6.45) is 0.741. The molecular formula is C16H21N5. The first-order chi connectivity index (χ1) is 9.90. The van der Waals surface area contributed by atoms with Gasteiger partial charge in [-0.1, -0.05) is 18.2 Å². The molecule has 2 heterocycles. The summed E-state index contributed by atoms with van der Waals surface area (Å²) in [5, 5.41) is 6.80. The van der Waals surface area contributed by atoms with Crippen molar-refractivity contribution in [2.45, 2.75) is 39.3 Å². The average molecular weight is 283 g/mol. The van der Waals surface area contributed by atoms with E-state index in [1.165, 1.54) is 0 Å². The van der Waals surface area contributed by atoms with Crippen molar-refractivity contribution in [3.05, 3.63) is 30.0 Å². The van der Waals surface area contributed by atoms with Crippen molar-refractivity contribution in [3.8, 4) is 0 Å². The molecule has 2 aromatic heterocycles. The van der Waals surface area contributed by atoms with E-state index < -0.39 is 0 Å². The summed E-state index contributed by atoms with van der Waals surface area (Å²) in [7, 11) is 0. The van der Waals surface area contributed by atoms with Crippen LogP contribution in [0.1, 0.15) is 26.5 Å². The molecule has 21 heavy (non-hydrogen) atoms. The van der Waals surface area contributed by atoms with Gasteiger partial charge in [-0.2, -0.15) is 5.10 Å². The van der Waals surface area contributed by atoms with Crippen molar-refractivity contribution in [1.82, 2.24) is 14.8 Å². The minimum atomic E-state index is -0.307. The van der Waals surface area contributed by atoms with E-state index in [0.717, 1.165) is 40.5 Å². The highest BCUT2D eigenvalue weighted by Crippen LogP contribution is 2.31. The zero-order chi connectivity index (χ0) is 15.2. The molecule has 3 rings (SSSR count). The smallest absolute Gasteiger partial charge is 0.152 e. The SMILES string of the molecule is CCn1nc2c(N)nc3ccccc3c2c1CC(C)(C)N. The van der Waals surface area contributed by atoms with Gasteiger partial charge in [-0.15, -0.1) is 0 Å². The lowest BCUT2D eigenvalue weighted by Crippen LogP contribution is -2.35. The molecule has 0 bridgehead atoms. The molecule has 5 heteroatoms. The third-order valence-electron chi connectivity index (χ3n) is 3.64. The van der Waals surface area contributed by atoms with E-state index in [1.54, 1.807) is 0 Å². The third kappa shape index (κ3) is 2.34. The predicted octanol–water partition coefficient (Wildman–Crippen LogP) is 2.47. The highest BCUT2D eigenvalue weighted by molar-refractivity contribution is 6.09. The van der Waals surface area contributed by atoms with Crippen molar-refractivity contribution in [2.24, 2.45) is 5.73 Å². The lowest BCUT2D eigenvalue weighted by atomic mass is 9.96. The normalized spacial score (nSPS) is 12.4. The number of para-hydroxylation sites is 1. The molecule has 0 aliphatic carbocycles. The zero-order valence-corrected chi connectivity index (χ0v) is 12.7. The van der Waals surface area contributed by atoms with Gasteiger partial charge >= 0.3 is 0 Å². The Labute approximate surface area is 123 Å². The number of aryl methyl sites for hydroxylation is 1. The van der Waals surface area contributed by atoms with Gasteiger partial charge in [0.25, 0.3) is 0 Å². The Kier molecular flexibility index (Phi) is 3.10. The first-order valence-corrected chi connectivity index (χ1v) is 7.23. The Morgan fingerprint density at radius 2 is 1.95 bits per heavy atom. The average Bonchev–Trinajstić information content (AvgIpc) is 2.76. The topological polar surface area (TPSA) is 82.8 Å². The molecule has 0 amide bonds. The van der Waals surface area contributed by atoms with E-state index in [0.29, 0.717) is 5.82 Å². The van der Waals surface area contributed by atoms with Crippen LogP contribution in [0, 0.1) is 0 Å². The number of anilines is 1. The molecule has 0 atom stereocenters. The number of benzene rings is 1. The summed E-state index contributed by atoms with van der Waals surface area (Å²) in [5.41, 5.74) is 14.8. The number of rotatable bonds is 3. The molecule has 0 radical (unpaired) electrons. The second-order valence-corrected chi connectivity index (χ2v) is 6.17. The Balaban J connectivity index is 2.43. The molecule has 0 saturated heterocycles. The third-order valence-corrected chi connectivity index (χ3v) is 3.64. The molecule has 0 saturated carbocycles. The van der Waals surface area contributed by atoms with Gasteiger partial charge in [0, 0.05) is 35.0 Å². The maximum absolute atomic E-state index is 6.24. The van der Waals surface area contributed by atoms with Gasteiger partial charge in [0.05, 0.1) is 5.52 Å². The number of aromatic nitrogens is 3. The summed E-state index contributed by atoms with van der Waals surface area (Å²) in [6, 6.07) is 8.03. The van der Waals surface area contributed by atoms with E-state index in [9.17, 15) is 0 Å². The number of hydrogen-bond donors (Lipinski definition) is 2. The summed E-state index contributed by atoms with van der Waals surface area (Å²) >= 11 is 0. The van der Waals surface area contributed by atoms with Crippen molar-refractivity contribution >= 4 is 27.6 Å². The number of hydrogen-bond acceptors (Lipinski definition) is 4. The van der Waals surface area contributed by atoms with Crippen LogP contribution in [0.15, 0.2) is 24.3 Å². The largest absolute Gasteiger partial charge is 0.382 e. The van der Waals surface area contributed by atoms with Crippen LogP contribution < -0.4 is 11.5 Å². The van der Waals surface area contributed by atoms with E-state index in [2.05, 4.69) is 23.1 Å². The fourth-order valence-electron chi connectivity index (χ4n) is 2.80. The van der Waals surface area contributed by atoms with Crippen molar-refractivity contribution in [3.63, 3.8) is 0 Å². The Morgan fingerprint density at radius 1 is 1.24 bits per heavy atom. The molecule has 1 aromatic carbocycles. The molecule has 0 spiro atoms. The minimum Gasteiger partial charge on any atom is -0.382 e. The first kappa shape index (κ1) is 13.8. The molecule has 0 unspecified atom stereocenters. The van der Waals surface area contributed by atoms with E-state index in [4.69, 9.17) is 11.5 Å². The van der Waals surface area contributed by atoms with Crippen LogP contribution in [-0.2, 0) is 13.0 Å². The minimum absolute atomic E-state index is 0.307. The highest BCUT2D eigenvalue weighted by atomic mass is 15.3. The summed E-state index contributed by atoms with van der Waals surface area (Å²) < 4.78 is 1.99. The maximum atomic E-state index is 6.24. The molecule has 0 aliphatic rings. The van der Waals surface area contributed by atoms with Crippen LogP contribution in [0.3, 0.4) is 0 Å². The van der Waals surface area contributed by atoms with Crippen LogP contribution >= 0.6 is 0 Å². The van der Waals surface area contributed by atoms with Crippen LogP contribution in [-0.4, -0.2) is 20.3 Å². The van der Waals surface area contributed by atoms with Crippen LogP contribution in [0.5, 0.6) is 0 Å². The fourth-order valence-corrected chi connectivity index (χ4v) is 2.80. The zero-order valence-electron chi connectivity index (χ0n) is 12.7. The number of pyridine rings is 1. The summed E-state index contributed by atoms with van der Waals surface area (Å²) in [4.78, 5) is 4.46. The van der Waals surface area contributed by atoms with Gasteiger partial charge in [0.1, 0.15) is 5.52 Å². The Hall–Kier alpha value is -2.14. The van der Waals surface area contributed by atoms with Crippen LogP contribution in [0.4, 0.5) is 5.82 Å². The molecule has 0 aliphatic heterocycles. The number of nitrogen functional groups attached to an aromatic ring is 1. The van der Waals surface area contributed by atoms with Gasteiger partial charge in [-0.25, -0.2) is 4.98 Å². The van der Waals surface area contributed by atoms with Gasteiger partial charge in [0.2, 0.25) is 0 Å². The molecule has 5 nitrogen and oxygen atoms in total. The number of nitrogens with two attached hydrogens (primary N) is 2. The summed E-state index contributed by atoms with van der Waals surface area (Å²) in [6.45, 7) is 6.91. The van der Waals surface area contributed by atoms with Gasteiger partial charge < -0.3 is 11.5 Å². The quantitative estimate of drug-likeness (QED) is 0.773. The van der Waals surface area contributed by atoms with Crippen LogP contribution in [0.25, 0.3) is 21.8 Å². The lowest BCUT2D eigenvalue weighted by Gasteiger charge is -2.19. The van der Waals surface area contributed by atoms with E-state index in [-0.39, 0.29) is 5.54 Å². The number of nitrogens with zero attached hydrogens (tertiary/aromatic N) is 3. The highest BCUT2D eigenvalue weighted by Gasteiger charge is 2.21. The maximum Gasteiger partial charge on any atom is 0.152 e. The second-order valence-electron chi connectivity index (χ2n) is 6.17. The molecule has 0 fully saturated rings. The van der Waals surface area contributed by atoms with Gasteiger partial charge in [-0.05, 0) is 26.8 Å². The van der Waals surface area contributed by atoms with Crippen molar-refractivity contribution in [2.75, 3.05) is 5.73 Å². The van der Waals surface area contributed by atoms with Gasteiger partial charge in [-0.3, -0.25) is 4.68 Å². The van der Waals surface area contributed by atoms with E-state index in [1.807, 2.05) is 36.7 Å². The number of fused-ring (bicyclic) bond motifs is 3. The van der Waals surface area contributed by atoms with Crippen molar-refractivity contribution < 1.29 is 0 Å². The van der Waals surface area contributed by atoms with Gasteiger partial charge in [0.15, 0.2) is 5.82 Å². The fraction of sp³-hybridized carbons (Fsp3) is 0.375. The van der Waals surface area contributed by atoms with Crippen LogP contribution in [0.2, 0.25) is 0 Å². The molecule has 4 N–H and O–H groups in total.